The van der Waals surface area contributed by atoms with Crippen molar-refractivity contribution in [3.8, 4) is 0 Å². The van der Waals surface area contributed by atoms with Gasteiger partial charge in [-0.1, -0.05) is 86.6 Å². The van der Waals surface area contributed by atoms with Gasteiger partial charge in [-0.3, -0.25) is 52.7 Å². The van der Waals surface area contributed by atoms with Gasteiger partial charge in [-0.15, -0.1) is 0 Å². The molecule has 142 heavy (non-hydrogen) atoms. The predicted octanol–water partition coefficient (Wildman–Crippen LogP) is 8.27. The second-order valence-corrected chi connectivity index (χ2v) is 42.3. The molecule has 41 nitrogen and oxygen atoms in total. The van der Waals surface area contributed by atoms with Crippen LogP contribution in [0.5, 0.6) is 0 Å². The lowest BCUT2D eigenvalue weighted by atomic mass is 10.0. The summed E-state index contributed by atoms with van der Waals surface area (Å²) < 4.78 is 31.9. The van der Waals surface area contributed by atoms with Crippen molar-refractivity contribution in [2.45, 2.75) is 371 Å². The van der Waals surface area contributed by atoms with Gasteiger partial charge < -0.3 is 106 Å². The Morgan fingerprint density at radius 2 is 0.718 bits per heavy atom. The van der Waals surface area contributed by atoms with Crippen molar-refractivity contribution >= 4 is 164 Å². The molecule has 814 valence electrons. The van der Waals surface area contributed by atoms with E-state index >= 15 is 0 Å². The maximum absolute atomic E-state index is 12.3. The van der Waals surface area contributed by atoms with Crippen molar-refractivity contribution in [3.63, 3.8) is 0 Å². The van der Waals surface area contributed by atoms with E-state index in [1.165, 1.54) is 35.5 Å². The van der Waals surface area contributed by atoms with Crippen LogP contribution < -0.4 is 64.1 Å². The van der Waals surface area contributed by atoms with E-state index in [0.717, 1.165) is 242 Å². The molecule has 8 saturated heterocycles. The molecule has 0 aromatic heterocycles. The Morgan fingerprint density at radius 1 is 0.387 bits per heavy atom. The molecule has 0 radical (unpaired) electrons. The van der Waals surface area contributed by atoms with Crippen molar-refractivity contribution in [1.82, 2.24) is 78.8 Å². The molecule has 8 fully saturated rings. The van der Waals surface area contributed by atoms with Gasteiger partial charge >= 0.3 is 59.9 Å². The van der Waals surface area contributed by atoms with Crippen LogP contribution in [0.4, 0.5) is 14.4 Å². The minimum Gasteiger partial charge on any atom is -0.469 e. The quantitative estimate of drug-likeness (QED) is 0.00680. The standard InChI is InChI=1S/C22H36N4O7S.C21H36N4O6S.C21H35N3O5S.C17H31N3O4S.C8H17NO2.C7H13BrO2/c1-14(27)33-20(21(30)32-3)24-17(28)10-5-4-8-12-26(2)18(29)11-7-6-9-16-19-15(13-34-16)23-22(31)25-19;1-25(11-7-3-4-9-17(27)22-14(12-26)20(29)31-2)18(28)10-6-5-8-16-19-15(13-32-16)23-21(30)24-19;1-14(20(27)29-2)22-18(26)12-6-4-3-5-9-15(25)10-7-8-11-17-19-16(13-30-17)23-21(28)24-19;1-20(11-7-3-4-10-16(22)23-2)15(21)9-6-5-8-14-17-13(12-25-14)18-24-19-17;1-9-7-5-3-4-6-8(10)11-2;1-10-7(9)5-3-2-4-6-8/h15-16,19-20H,4-13H2,1-3H3,(H,24,28)(H2,23,25,31);14-16,19,26H,3-13H2,1-2H3,(H,22,27)(H2,23,24,30);14,16-17,19H,3-13H2,1-2H3,(H,22,26)(H2,23,24,28);13-14,17-19H,3-12H2,1-2H3;9H,3-7H2,1-2H3;2-6H2,1H3. The van der Waals surface area contributed by atoms with E-state index in [9.17, 15) is 81.5 Å². The van der Waals surface area contributed by atoms with Crippen LogP contribution in [0.3, 0.4) is 0 Å². The van der Waals surface area contributed by atoms with Crippen LogP contribution in [0.25, 0.3) is 0 Å². The molecule has 0 aromatic carbocycles. The normalized spacial score (nSPS) is 21.0. The second-order valence-electron chi connectivity index (χ2n) is 36.4. The zero-order valence-electron chi connectivity index (χ0n) is 85.9. The summed E-state index contributed by atoms with van der Waals surface area (Å²) in [5.74, 6) is 0.794. The molecule has 8 rings (SSSR count). The minimum atomic E-state index is -1.44. The zero-order valence-corrected chi connectivity index (χ0v) is 90.8. The Labute approximate surface area is 865 Å². The summed E-state index contributed by atoms with van der Waals surface area (Å²) in [6.07, 6.45) is 32.2. The molecule has 15 unspecified atom stereocenters. The summed E-state index contributed by atoms with van der Waals surface area (Å²) in [5.41, 5.74) is 6.04. The fourth-order valence-corrected chi connectivity index (χ4v) is 23.2. The van der Waals surface area contributed by atoms with E-state index in [2.05, 4.69) is 108 Å². The average molecular weight is 2160 g/mol. The molecule has 0 spiro atoms. The number of rotatable bonds is 64. The van der Waals surface area contributed by atoms with E-state index in [1.807, 2.05) is 66.0 Å². The number of nitrogens with one attached hydrogen (secondary N) is 12. The van der Waals surface area contributed by atoms with Crippen molar-refractivity contribution in [2.75, 3.05) is 132 Å². The van der Waals surface area contributed by atoms with E-state index in [-0.39, 0.29) is 115 Å². The first-order valence-corrected chi connectivity index (χ1v) is 55.9. The van der Waals surface area contributed by atoms with Gasteiger partial charge in [0.1, 0.15) is 11.8 Å². The second kappa shape index (κ2) is 77.7. The van der Waals surface area contributed by atoms with Crippen LogP contribution in [-0.2, 0) is 105 Å². The SMILES string of the molecule is CNCCCCCC(=O)OC.COC(=O)C(C)NC(=O)CCCCCCC(=O)CCCCC1SCC2NC(=O)NC21.COC(=O)C(CO)NC(=O)CCCCCN(C)C(=O)CCCCC1SCC2NC(=O)NC21.COC(=O)C(NC(=O)CCCCCN(C)C(=O)CCCCC1SCC2NC(=O)NC21)OC(C)=O.COC(=O)CCCCCBr.COC(=O)CCCCCN(C)C(=O)CCCCC1SCC2NONC21. The number of ketones is 1. The first-order chi connectivity index (χ1) is 68.2. The Kier molecular flexibility index (Phi) is 70.2. The van der Waals surface area contributed by atoms with Crippen molar-refractivity contribution in [2.24, 2.45) is 0 Å². The number of methoxy groups -OCH3 is 6. The molecule has 8 heterocycles. The Bertz CT molecular complexity index is 3770. The highest BCUT2D eigenvalue weighted by Gasteiger charge is 2.46. The van der Waals surface area contributed by atoms with Gasteiger partial charge in [0.15, 0.2) is 6.04 Å². The lowest BCUT2D eigenvalue weighted by Gasteiger charge is -2.18. The van der Waals surface area contributed by atoms with E-state index in [1.54, 1.807) is 30.8 Å². The number of halogens is 1. The number of unbranched alkanes of at least 4 members (excludes halogenated alkanes) is 17. The van der Waals surface area contributed by atoms with E-state index < -0.39 is 54.7 Å². The molecule has 0 bridgehead atoms. The molecule has 12 amide bonds. The number of alkyl halides is 1. The number of Topliss-reactive ketones (excluding diaryl/α,β-unsaturated/α-hetero) is 1. The number of urea groups is 3. The number of aliphatic hydroxyl groups excluding tert-OH is 1. The van der Waals surface area contributed by atoms with E-state index in [0.29, 0.717) is 123 Å². The first kappa shape index (κ1) is 128. The van der Waals surface area contributed by atoms with Crippen LogP contribution in [0, 0.1) is 0 Å². The number of aliphatic hydroxyl groups is 1. The molecule has 0 saturated carbocycles. The Hall–Kier alpha value is -7.73. The zero-order chi connectivity index (χ0) is 105. The molecule has 0 aliphatic carbocycles. The number of ether oxygens (including phenoxy) is 7. The molecule has 15 atom stereocenters. The van der Waals surface area contributed by atoms with Gasteiger partial charge in [0.05, 0.1) is 97.6 Å². The van der Waals surface area contributed by atoms with Crippen LogP contribution in [0.1, 0.15) is 284 Å². The third kappa shape index (κ3) is 55.7. The third-order valence-corrected chi connectivity index (χ3v) is 31.7. The summed E-state index contributed by atoms with van der Waals surface area (Å²) in [6.45, 7) is 5.27. The van der Waals surface area contributed by atoms with Crippen LogP contribution in [-0.4, -0.2) is 341 Å². The number of thioether (sulfide) groups is 4. The largest absolute Gasteiger partial charge is 0.469 e. The smallest absolute Gasteiger partial charge is 0.368 e. The maximum Gasteiger partial charge on any atom is 0.368 e. The van der Waals surface area contributed by atoms with Crippen LogP contribution in [0.2, 0.25) is 0 Å². The first-order valence-electron chi connectivity index (χ1n) is 50.6. The third-order valence-electron chi connectivity index (χ3n) is 25.1. The summed E-state index contributed by atoms with van der Waals surface area (Å²) in [6, 6.07) is 0.334. The Balaban J connectivity index is 0.000000456. The molecule has 0 aromatic rings. The van der Waals surface area contributed by atoms with Gasteiger partial charge in [0.25, 0.3) is 6.23 Å². The highest BCUT2D eigenvalue weighted by Crippen LogP contribution is 2.37. The van der Waals surface area contributed by atoms with Gasteiger partial charge in [0, 0.05) is 168 Å². The van der Waals surface area contributed by atoms with Gasteiger partial charge in [-0.05, 0) is 149 Å². The summed E-state index contributed by atoms with van der Waals surface area (Å²) in [5, 5.41) is 40.2. The fraction of sp³-hybridized carbons (Fsp3) is 0.823. The summed E-state index contributed by atoms with van der Waals surface area (Å²) >= 11 is 11.0. The highest BCUT2D eigenvalue weighted by atomic mass is 79.9. The minimum absolute atomic E-state index is 0.0538. The number of nitrogens with zero attached hydrogens (tertiary/aromatic N) is 3. The topological polar surface area (TPSA) is 538 Å². The van der Waals surface area contributed by atoms with Crippen molar-refractivity contribution in [1.29, 1.82) is 0 Å². The number of carbonyl (C=O) groups excluding carboxylic acids is 17. The molecule has 8 aliphatic heterocycles. The summed E-state index contributed by atoms with van der Waals surface area (Å²) in [4.78, 5) is 206. The highest BCUT2D eigenvalue weighted by molar-refractivity contribution is 9.09. The lowest BCUT2D eigenvalue weighted by Crippen LogP contribution is -2.44. The number of hydrogen-bond donors (Lipinski definition) is 13. The number of amides is 12. The van der Waals surface area contributed by atoms with Gasteiger partial charge in [-0.2, -0.15) is 58.0 Å². The fourth-order valence-electron chi connectivity index (χ4n) is 16.7. The number of fused-ring (bicyclic) bond motifs is 4. The molecule has 13 N–H and O–H groups in total. The molecular formula is C96H168BrN15O26S4. The number of esters is 7. The number of hydrogen-bond acceptors (Lipinski definition) is 33. The monoisotopic (exact) mass is 2150 g/mol. The van der Waals surface area contributed by atoms with Gasteiger partial charge in [-0.25, -0.2) is 33.7 Å². The molecular weight excluding hydrogens is 1990 g/mol. The number of carbonyl (C=O) groups is 17. The van der Waals surface area contributed by atoms with Crippen LogP contribution in [0.15, 0.2) is 0 Å². The maximum atomic E-state index is 12.3. The summed E-state index contributed by atoms with van der Waals surface area (Å²) in [7, 11) is 15.3. The molecule has 46 heteroatoms. The van der Waals surface area contributed by atoms with Crippen LogP contribution >= 0.6 is 63.0 Å². The lowest BCUT2D eigenvalue weighted by molar-refractivity contribution is -0.168. The van der Waals surface area contributed by atoms with Crippen molar-refractivity contribution < 1.29 is 125 Å². The van der Waals surface area contributed by atoms with Gasteiger partial charge in [0.2, 0.25) is 35.4 Å². The Morgan fingerprint density at radius 3 is 1.08 bits per heavy atom. The molecule has 8 aliphatic rings. The van der Waals surface area contributed by atoms with Crippen molar-refractivity contribution in [3.05, 3.63) is 0 Å². The predicted molar refractivity (Wildman–Crippen MR) is 550 cm³/mol. The van der Waals surface area contributed by atoms with E-state index in [4.69, 9.17) is 14.8 Å². The number of hydroxylamine groups is 2. The average Bonchev–Trinajstić information content (AvgIpc) is 1.64.